The van der Waals surface area contributed by atoms with E-state index in [2.05, 4.69) is 17.0 Å². The average molecular weight is 368 g/mol. The molecule has 2 heterocycles. The SMILES string of the molecule is O=[N+]([O-])c1ccc(N2N=C(c3ccccc3)SC2N2CCCCC2)cc1. The van der Waals surface area contributed by atoms with E-state index in [0.717, 1.165) is 29.4 Å². The maximum absolute atomic E-state index is 10.9. The van der Waals surface area contributed by atoms with Gasteiger partial charge in [-0.2, -0.15) is 5.10 Å². The molecular weight excluding hydrogens is 348 g/mol. The number of piperidine rings is 1. The quantitative estimate of drug-likeness (QED) is 0.595. The minimum absolute atomic E-state index is 0.0898. The van der Waals surface area contributed by atoms with Gasteiger partial charge in [-0.15, -0.1) is 0 Å². The number of rotatable bonds is 4. The molecule has 2 aromatic rings. The lowest BCUT2D eigenvalue weighted by molar-refractivity contribution is -0.384. The molecule has 0 bridgehead atoms. The van der Waals surface area contributed by atoms with Crippen LogP contribution < -0.4 is 5.01 Å². The van der Waals surface area contributed by atoms with Gasteiger partial charge in [-0.1, -0.05) is 48.5 Å². The van der Waals surface area contributed by atoms with Gasteiger partial charge in [0.1, 0.15) is 5.04 Å². The van der Waals surface area contributed by atoms with Gasteiger partial charge in [0.15, 0.2) is 5.50 Å². The van der Waals surface area contributed by atoms with E-state index in [0.29, 0.717) is 0 Å². The summed E-state index contributed by atoms with van der Waals surface area (Å²) in [5.74, 6) is 0. The number of hydrazone groups is 1. The largest absolute Gasteiger partial charge is 0.273 e. The molecule has 4 rings (SSSR count). The molecule has 2 aliphatic heterocycles. The van der Waals surface area contributed by atoms with E-state index in [1.165, 1.54) is 19.3 Å². The number of hydrogen-bond donors (Lipinski definition) is 0. The summed E-state index contributed by atoms with van der Waals surface area (Å²) in [5, 5.41) is 18.8. The Bertz CT molecular complexity index is 804. The molecule has 0 radical (unpaired) electrons. The van der Waals surface area contributed by atoms with E-state index in [4.69, 9.17) is 5.10 Å². The molecule has 2 aromatic carbocycles. The number of thioether (sulfide) groups is 1. The molecule has 6 nitrogen and oxygen atoms in total. The van der Waals surface area contributed by atoms with E-state index >= 15 is 0 Å². The van der Waals surface area contributed by atoms with Gasteiger partial charge >= 0.3 is 0 Å². The number of nitrogens with zero attached hydrogens (tertiary/aromatic N) is 4. The van der Waals surface area contributed by atoms with Crippen molar-refractivity contribution in [1.82, 2.24) is 4.90 Å². The Labute approximate surface area is 156 Å². The predicted molar refractivity (Wildman–Crippen MR) is 105 cm³/mol. The number of non-ortho nitro benzene ring substituents is 1. The standard InChI is InChI=1S/C19H20N4O2S/c24-23(25)17-11-9-16(10-12-17)22-19(21-13-5-2-6-14-21)26-18(20-22)15-7-3-1-4-8-15/h1,3-4,7-12,19H,2,5-6,13-14H2. The minimum Gasteiger partial charge on any atom is -0.273 e. The summed E-state index contributed by atoms with van der Waals surface area (Å²) in [6.07, 6.45) is 3.68. The average Bonchev–Trinajstić information content (AvgIpc) is 3.15. The van der Waals surface area contributed by atoms with E-state index in [-0.39, 0.29) is 16.1 Å². The highest BCUT2D eigenvalue weighted by Crippen LogP contribution is 2.37. The Hall–Kier alpha value is -2.38. The van der Waals surface area contributed by atoms with Crippen molar-refractivity contribution in [3.63, 3.8) is 0 Å². The van der Waals surface area contributed by atoms with Gasteiger partial charge in [-0.3, -0.25) is 15.0 Å². The van der Waals surface area contributed by atoms with Gasteiger partial charge in [-0.25, -0.2) is 5.01 Å². The molecule has 7 heteroatoms. The summed E-state index contributed by atoms with van der Waals surface area (Å²) in [4.78, 5) is 13.0. The second kappa shape index (κ2) is 7.47. The highest BCUT2D eigenvalue weighted by molar-refractivity contribution is 8.15. The van der Waals surface area contributed by atoms with Crippen LogP contribution in [0.2, 0.25) is 0 Å². The molecule has 2 aliphatic rings. The Morgan fingerprint density at radius 2 is 1.69 bits per heavy atom. The van der Waals surface area contributed by atoms with E-state index in [1.54, 1.807) is 36.0 Å². The molecule has 0 spiro atoms. The van der Waals surface area contributed by atoms with Crippen LogP contribution in [0, 0.1) is 10.1 Å². The molecular formula is C19H20N4O2S. The second-order valence-corrected chi connectivity index (χ2v) is 7.47. The minimum atomic E-state index is -0.372. The first-order valence-corrected chi connectivity index (χ1v) is 9.69. The van der Waals surface area contributed by atoms with E-state index in [9.17, 15) is 10.1 Å². The van der Waals surface area contributed by atoms with Crippen molar-refractivity contribution in [3.05, 3.63) is 70.3 Å². The van der Waals surface area contributed by atoms with Gasteiger partial charge in [0.25, 0.3) is 5.69 Å². The van der Waals surface area contributed by atoms with Crippen molar-refractivity contribution in [2.45, 2.75) is 24.8 Å². The number of benzene rings is 2. The number of nitro benzene ring substituents is 1. The molecule has 1 atom stereocenters. The Morgan fingerprint density at radius 3 is 2.35 bits per heavy atom. The number of hydrogen-bond acceptors (Lipinski definition) is 6. The highest BCUT2D eigenvalue weighted by atomic mass is 32.2. The lowest BCUT2D eigenvalue weighted by atomic mass is 10.1. The van der Waals surface area contributed by atoms with Crippen LogP contribution in [0.3, 0.4) is 0 Å². The maximum Gasteiger partial charge on any atom is 0.269 e. The van der Waals surface area contributed by atoms with Crippen LogP contribution in [0.1, 0.15) is 24.8 Å². The van der Waals surface area contributed by atoms with Crippen LogP contribution >= 0.6 is 11.8 Å². The third-order valence-electron chi connectivity index (χ3n) is 4.67. The van der Waals surface area contributed by atoms with E-state index in [1.807, 2.05) is 23.2 Å². The molecule has 1 saturated heterocycles. The zero-order valence-corrected chi connectivity index (χ0v) is 15.1. The second-order valence-electron chi connectivity index (χ2n) is 6.43. The highest BCUT2D eigenvalue weighted by Gasteiger charge is 2.34. The topological polar surface area (TPSA) is 62.0 Å². The smallest absolute Gasteiger partial charge is 0.269 e. The van der Waals surface area contributed by atoms with Crippen molar-refractivity contribution in [1.29, 1.82) is 0 Å². The summed E-state index contributed by atoms with van der Waals surface area (Å²) in [6, 6.07) is 16.8. The fraction of sp³-hybridized carbons (Fsp3) is 0.316. The maximum atomic E-state index is 10.9. The Balaban J connectivity index is 1.66. The van der Waals surface area contributed by atoms with Crippen LogP contribution in [0.5, 0.6) is 0 Å². The molecule has 0 aromatic heterocycles. The fourth-order valence-corrected chi connectivity index (χ4v) is 4.54. The molecule has 134 valence electrons. The van der Waals surface area contributed by atoms with Crippen molar-refractivity contribution in [2.75, 3.05) is 18.1 Å². The molecule has 26 heavy (non-hydrogen) atoms. The summed E-state index contributed by atoms with van der Waals surface area (Å²) in [6.45, 7) is 2.11. The Kier molecular flexibility index (Phi) is 4.90. The lowest BCUT2D eigenvalue weighted by Gasteiger charge is -2.35. The first-order valence-electron chi connectivity index (χ1n) is 8.81. The third-order valence-corrected chi connectivity index (χ3v) is 5.92. The van der Waals surface area contributed by atoms with Crippen molar-refractivity contribution >= 4 is 28.2 Å². The summed E-state index contributed by atoms with van der Waals surface area (Å²) in [5.41, 5.74) is 2.17. The molecule has 0 saturated carbocycles. The van der Waals surface area contributed by atoms with Gasteiger partial charge < -0.3 is 0 Å². The fourth-order valence-electron chi connectivity index (χ4n) is 3.31. The van der Waals surface area contributed by atoms with Gasteiger partial charge in [-0.05, 0) is 25.0 Å². The molecule has 1 fully saturated rings. The van der Waals surface area contributed by atoms with Crippen molar-refractivity contribution in [3.8, 4) is 0 Å². The van der Waals surface area contributed by atoms with Crippen molar-refractivity contribution < 1.29 is 4.92 Å². The number of nitro groups is 1. The predicted octanol–water partition coefficient (Wildman–Crippen LogP) is 4.28. The van der Waals surface area contributed by atoms with Crippen LogP contribution in [0.25, 0.3) is 0 Å². The molecule has 1 unspecified atom stereocenters. The van der Waals surface area contributed by atoms with Crippen LogP contribution in [-0.2, 0) is 0 Å². The first kappa shape index (κ1) is 17.1. The normalized spacial score (nSPS) is 20.8. The van der Waals surface area contributed by atoms with E-state index < -0.39 is 0 Å². The van der Waals surface area contributed by atoms with Crippen LogP contribution in [0.4, 0.5) is 11.4 Å². The Morgan fingerprint density at radius 1 is 1.00 bits per heavy atom. The summed E-state index contributed by atoms with van der Waals surface area (Å²) >= 11 is 1.75. The zero-order valence-electron chi connectivity index (χ0n) is 14.3. The molecule has 0 N–H and O–H groups in total. The monoisotopic (exact) mass is 368 g/mol. The van der Waals surface area contributed by atoms with Crippen LogP contribution in [0.15, 0.2) is 59.7 Å². The van der Waals surface area contributed by atoms with Gasteiger partial charge in [0.05, 0.1) is 10.6 Å². The van der Waals surface area contributed by atoms with Gasteiger partial charge in [0, 0.05) is 30.8 Å². The number of likely N-dealkylation sites (tertiary alicyclic amines) is 1. The van der Waals surface area contributed by atoms with Gasteiger partial charge in [0.2, 0.25) is 0 Å². The summed E-state index contributed by atoms with van der Waals surface area (Å²) < 4.78 is 0. The zero-order chi connectivity index (χ0) is 17.9. The summed E-state index contributed by atoms with van der Waals surface area (Å²) in [7, 11) is 0. The number of anilines is 1. The third kappa shape index (κ3) is 3.45. The van der Waals surface area contributed by atoms with Crippen molar-refractivity contribution in [2.24, 2.45) is 5.10 Å². The molecule has 0 amide bonds. The molecule has 0 aliphatic carbocycles. The van der Waals surface area contributed by atoms with Crippen LogP contribution in [-0.4, -0.2) is 33.5 Å². The lowest BCUT2D eigenvalue weighted by Crippen LogP contribution is -2.44. The first-order chi connectivity index (χ1) is 12.7.